The summed E-state index contributed by atoms with van der Waals surface area (Å²) >= 11 is 4.83. The number of esters is 1. The molecule has 1 heterocycles. The van der Waals surface area contributed by atoms with Gasteiger partial charge in [-0.3, -0.25) is 0 Å². The summed E-state index contributed by atoms with van der Waals surface area (Å²) in [6, 6.07) is 0. The summed E-state index contributed by atoms with van der Waals surface area (Å²) < 4.78 is 7.08. The number of hydrogen-bond acceptors (Lipinski definition) is 7. The Morgan fingerprint density at radius 1 is 1.37 bits per heavy atom. The number of nitrogens with zero attached hydrogens (tertiary/aromatic N) is 2. The van der Waals surface area contributed by atoms with E-state index >= 15 is 0 Å². The molecule has 0 spiro atoms. The van der Waals surface area contributed by atoms with E-state index in [0.717, 1.165) is 8.68 Å². The fourth-order valence-corrected chi connectivity index (χ4v) is 4.20. The lowest BCUT2D eigenvalue weighted by atomic mass is 10.3. The molecule has 1 aromatic rings. The fourth-order valence-electron chi connectivity index (χ4n) is 1.01. The Morgan fingerprint density at radius 2 is 2.00 bits per heavy atom. The molecule has 1 rings (SSSR count). The van der Waals surface area contributed by atoms with E-state index in [1.54, 1.807) is 41.8 Å². The first-order chi connectivity index (χ1) is 8.88. The quantitative estimate of drug-likeness (QED) is 0.435. The standard InChI is InChI=1S/C12H18N2O2S3/c1-7(2)10(15)16-9(5)6-17-11-13-14-12(19-11)18-8(3)4/h8-9H,1,6H2,2-5H3. The monoisotopic (exact) mass is 318 g/mol. The molecule has 0 fully saturated rings. The van der Waals surface area contributed by atoms with Crippen LogP contribution in [0.4, 0.5) is 0 Å². The van der Waals surface area contributed by atoms with E-state index in [9.17, 15) is 4.79 Å². The van der Waals surface area contributed by atoms with Crippen LogP contribution in [-0.4, -0.2) is 33.3 Å². The highest BCUT2D eigenvalue weighted by molar-refractivity contribution is 8.03. The van der Waals surface area contributed by atoms with Crippen LogP contribution in [0.1, 0.15) is 27.7 Å². The number of carbonyl (C=O) groups is 1. The predicted molar refractivity (Wildman–Crippen MR) is 82.0 cm³/mol. The van der Waals surface area contributed by atoms with Gasteiger partial charge in [-0.25, -0.2) is 4.79 Å². The number of aromatic nitrogens is 2. The van der Waals surface area contributed by atoms with Crippen molar-refractivity contribution >= 4 is 40.8 Å². The SMILES string of the molecule is C=C(C)C(=O)OC(C)CSc1nnc(SC(C)C)s1. The summed E-state index contributed by atoms with van der Waals surface area (Å²) in [7, 11) is 0. The lowest BCUT2D eigenvalue weighted by Crippen LogP contribution is -2.17. The third-order valence-electron chi connectivity index (χ3n) is 1.82. The molecule has 1 aromatic heterocycles. The Hall–Kier alpha value is -0.530. The number of rotatable bonds is 7. The van der Waals surface area contributed by atoms with E-state index in [2.05, 4.69) is 30.6 Å². The van der Waals surface area contributed by atoms with Crippen molar-refractivity contribution in [2.24, 2.45) is 0 Å². The van der Waals surface area contributed by atoms with Gasteiger partial charge < -0.3 is 4.74 Å². The molecule has 0 saturated carbocycles. The summed E-state index contributed by atoms with van der Waals surface area (Å²) in [4.78, 5) is 11.3. The minimum atomic E-state index is -0.346. The molecular weight excluding hydrogens is 300 g/mol. The van der Waals surface area contributed by atoms with Crippen molar-refractivity contribution in [1.29, 1.82) is 0 Å². The van der Waals surface area contributed by atoms with Gasteiger partial charge >= 0.3 is 5.97 Å². The van der Waals surface area contributed by atoms with Gasteiger partial charge in [0.05, 0.1) is 0 Å². The normalized spacial score (nSPS) is 12.5. The molecule has 0 bridgehead atoms. The number of carbonyl (C=O) groups excluding carboxylic acids is 1. The number of ether oxygens (including phenoxy) is 1. The maximum atomic E-state index is 11.3. The van der Waals surface area contributed by atoms with E-state index in [-0.39, 0.29) is 12.1 Å². The second-order valence-electron chi connectivity index (χ2n) is 4.31. The van der Waals surface area contributed by atoms with E-state index in [4.69, 9.17) is 4.74 Å². The van der Waals surface area contributed by atoms with Gasteiger partial charge in [0.25, 0.3) is 0 Å². The van der Waals surface area contributed by atoms with Crippen molar-refractivity contribution in [3.8, 4) is 0 Å². The molecule has 4 nitrogen and oxygen atoms in total. The molecule has 0 aliphatic rings. The first-order valence-electron chi connectivity index (χ1n) is 5.88. The van der Waals surface area contributed by atoms with Gasteiger partial charge in [0.2, 0.25) is 0 Å². The molecule has 0 aromatic carbocycles. The van der Waals surface area contributed by atoms with Gasteiger partial charge in [-0.2, -0.15) is 0 Å². The maximum absolute atomic E-state index is 11.3. The number of hydrogen-bond donors (Lipinski definition) is 0. The average molecular weight is 318 g/mol. The Labute approximate surface area is 126 Å². The van der Waals surface area contributed by atoms with Crippen LogP contribution < -0.4 is 0 Å². The van der Waals surface area contributed by atoms with Crippen LogP contribution in [0, 0.1) is 0 Å². The number of thioether (sulfide) groups is 2. The van der Waals surface area contributed by atoms with Gasteiger partial charge in [0.15, 0.2) is 8.68 Å². The summed E-state index contributed by atoms with van der Waals surface area (Å²) in [5.41, 5.74) is 0.420. The predicted octanol–water partition coefficient (Wildman–Crippen LogP) is 3.64. The second-order valence-corrected chi connectivity index (χ2v) is 8.38. The van der Waals surface area contributed by atoms with E-state index in [1.165, 1.54) is 0 Å². The molecule has 0 amide bonds. The van der Waals surface area contributed by atoms with Crippen LogP contribution in [0.5, 0.6) is 0 Å². The molecular formula is C12H18N2O2S3. The zero-order chi connectivity index (χ0) is 14.4. The van der Waals surface area contributed by atoms with Gasteiger partial charge in [-0.15, -0.1) is 10.2 Å². The zero-order valence-electron chi connectivity index (χ0n) is 11.5. The third-order valence-corrected chi connectivity index (χ3v) is 5.20. The molecule has 0 aliphatic heterocycles. The summed E-state index contributed by atoms with van der Waals surface area (Å²) in [5.74, 6) is 0.321. The van der Waals surface area contributed by atoms with Gasteiger partial charge in [0, 0.05) is 16.6 Å². The molecule has 0 saturated heterocycles. The van der Waals surface area contributed by atoms with Crippen molar-refractivity contribution in [3.63, 3.8) is 0 Å². The van der Waals surface area contributed by atoms with Crippen molar-refractivity contribution in [2.75, 3.05) is 5.75 Å². The maximum Gasteiger partial charge on any atom is 0.333 e. The van der Waals surface area contributed by atoms with Crippen molar-refractivity contribution < 1.29 is 9.53 Å². The summed E-state index contributed by atoms with van der Waals surface area (Å²) in [5, 5.41) is 8.72. The third kappa shape index (κ3) is 6.44. The smallest absolute Gasteiger partial charge is 0.333 e. The zero-order valence-corrected chi connectivity index (χ0v) is 14.0. The molecule has 106 valence electrons. The molecule has 1 atom stereocenters. The van der Waals surface area contributed by atoms with Gasteiger partial charge in [-0.1, -0.05) is 55.3 Å². The molecule has 0 radical (unpaired) electrons. The van der Waals surface area contributed by atoms with Crippen molar-refractivity contribution in [1.82, 2.24) is 10.2 Å². The largest absolute Gasteiger partial charge is 0.458 e. The minimum Gasteiger partial charge on any atom is -0.458 e. The van der Waals surface area contributed by atoms with Crippen molar-refractivity contribution in [2.45, 2.75) is 47.7 Å². The van der Waals surface area contributed by atoms with Crippen LogP contribution in [0.3, 0.4) is 0 Å². The molecule has 19 heavy (non-hydrogen) atoms. The van der Waals surface area contributed by atoms with Crippen LogP contribution in [0.15, 0.2) is 20.8 Å². The highest BCUT2D eigenvalue weighted by Gasteiger charge is 2.13. The highest BCUT2D eigenvalue weighted by atomic mass is 32.2. The summed E-state index contributed by atoms with van der Waals surface area (Å²) in [6.45, 7) is 11.3. The topological polar surface area (TPSA) is 52.1 Å². The first kappa shape index (κ1) is 16.5. The van der Waals surface area contributed by atoms with Gasteiger partial charge in [-0.05, 0) is 13.8 Å². The Bertz CT molecular complexity index is 446. The molecule has 7 heteroatoms. The fraction of sp³-hybridized carbons (Fsp3) is 0.583. The van der Waals surface area contributed by atoms with Crippen molar-refractivity contribution in [3.05, 3.63) is 12.2 Å². The first-order valence-corrected chi connectivity index (χ1v) is 8.56. The highest BCUT2D eigenvalue weighted by Crippen LogP contribution is 2.31. The Morgan fingerprint density at radius 3 is 2.58 bits per heavy atom. The van der Waals surface area contributed by atoms with E-state index < -0.39 is 0 Å². The lowest BCUT2D eigenvalue weighted by Gasteiger charge is -2.11. The summed E-state index contributed by atoms with van der Waals surface area (Å²) in [6.07, 6.45) is -0.167. The van der Waals surface area contributed by atoms with E-state index in [0.29, 0.717) is 16.6 Å². The Balaban J connectivity index is 2.37. The van der Waals surface area contributed by atoms with Crippen LogP contribution in [0.25, 0.3) is 0 Å². The molecule has 0 N–H and O–H groups in total. The average Bonchev–Trinajstić information content (AvgIpc) is 2.73. The minimum absolute atomic E-state index is 0.167. The second kappa shape index (κ2) is 7.91. The van der Waals surface area contributed by atoms with Crippen LogP contribution >= 0.6 is 34.9 Å². The lowest BCUT2D eigenvalue weighted by molar-refractivity contribution is -0.142. The molecule has 1 unspecified atom stereocenters. The van der Waals surface area contributed by atoms with Crippen LogP contribution in [-0.2, 0) is 9.53 Å². The molecule has 0 aliphatic carbocycles. The van der Waals surface area contributed by atoms with E-state index in [1.807, 2.05) is 6.92 Å². The Kier molecular flexibility index (Phi) is 6.88. The van der Waals surface area contributed by atoms with Gasteiger partial charge in [0.1, 0.15) is 6.10 Å². The van der Waals surface area contributed by atoms with Crippen LogP contribution in [0.2, 0.25) is 0 Å².